The number of aromatic amines is 2. The number of nitrogens with one attached hydrogen (secondary N) is 2. The number of hydrogen-bond donors (Lipinski definition) is 3. The third-order valence-corrected chi connectivity index (χ3v) is 2.12. The van der Waals surface area contributed by atoms with Crippen molar-refractivity contribution in [3.05, 3.63) is 50.7 Å². The third kappa shape index (κ3) is 1.98. The Morgan fingerprint density at radius 1 is 1.24 bits per heavy atom. The number of nitrogens with zero attached hydrogens (tertiary/aromatic N) is 1. The predicted octanol–water partition coefficient (Wildman–Crippen LogP) is -0.177. The Morgan fingerprint density at radius 2 is 1.94 bits per heavy atom. The monoisotopic (exact) mass is 233 g/mol. The molecule has 0 amide bonds. The molecule has 0 spiro atoms. The van der Waals surface area contributed by atoms with Crippen LogP contribution >= 0.6 is 0 Å². The Morgan fingerprint density at radius 3 is 2.59 bits per heavy atom. The van der Waals surface area contributed by atoms with Crippen molar-refractivity contribution in [1.29, 1.82) is 0 Å². The van der Waals surface area contributed by atoms with Crippen LogP contribution < -0.4 is 11.2 Å². The number of carboxylic acids is 1. The summed E-state index contributed by atoms with van der Waals surface area (Å²) in [6.45, 7) is 0. The topological polar surface area (TPSA) is 116 Å². The average Bonchev–Trinajstić information content (AvgIpc) is 2.29. The second kappa shape index (κ2) is 4.05. The van der Waals surface area contributed by atoms with Crippen molar-refractivity contribution in [2.24, 2.45) is 0 Å². The van der Waals surface area contributed by atoms with E-state index in [4.69, 9.17) is 5.11 Å². The minimum absolute atomic E-state index is 0.0578. The lowest BCUT2D eigenvalue weighted by Crippen LogP contribution is -2.25. The highest BCUT2D eigenvalue weighted by Gasteiger charge is 2.14. The molecular weight excluding hydrogens is 226 g/mol. The normalized spacial score (nSPS) is 10.1. The molecule has 0 aliphatic carbocycles. The zero-order chi connectivity index (χ0) is 12.4. The summed E-state index contributed by atoms with van der Waals surface area (Å²) in [5, 5.41) is 14.6. The van der Waals surface area contributed by atoms with E-state index in [0.717, 1.165) is 0 Å². The lowest BCUT2D eigenvalue weighted by atomic mass is 10.1. The van der Waals surface area contributed by atoms with Crippen molar-refractivity contribution in [2.45, 2.75) is 0 Å². The SMILES string of the molecule is O=C(O)c1ccccc1-c1n[nH]c(=O)[nH]c1=O. The number of aromatic carboxylic acids is 1. The Bertz CT molecular complexity index is 686. The maximum Gasteiger partial charge on any atom is 0.342 e. The van der Waals surface area contributed by atoms with Gasteiger partial charge >= 0.3 is 11.7 Å². The zero-order valence-electron chi connectivity index (χ0n) is 8.43. The summed E-state index contributed by atoms with van der Waals surface area (Å²) in [6.07, 6.45) is 0. The molecule has 7 heteroatoms. The van der Waals surface area contributed by atoms with Gasteiger partial charge in [-0.1, -0.05) is 18.2 Å². The van der Waals surface area contributed by atoms with Gasteiger partial charge in [-0.05, 0) is 6.07 Å². The van der Waals surface area contributed by atoms with Crippen LogP contribution in [0, 0.1) is 0 Å². The van der Waals surface area contributed by atoms with Gasteiger partial charge in [-0.2, -0.15) is 5.10 Å². The van der Waals surface area contributed by atoms with Gasteiger partial charge in [0.2, 0.25) is 0 Å². The average molecular weight is 233 g/mol. The molecule has 0 aliphatic rings. The van der Waals surface area contributed by atoms with Crippen LogP contribution in [0.15, 0.2) is 33.9 Å². The van der Waals surface area contributed by atoms with Gasteiger partial charge < -0.3 is 5.11 Å². The van der Waals surface area contributed by atoms with Crippen LogP contribution in [0.25, 0.3) is 11.3 Å². The number of H-pyrrole nitrogens is 2. The fourth-order valence-electron chi connectivity index (χ4n) is 1.41. The lowest BCUT2D eigenvalue weighted by molar-refractivity contribution is 0.0697. The Balaban J connectivity index is 2.73. The smallest absolute Gasteiger partial charge is 0.342 e. The van der Waals surface area contributed by atoms with Crippen LogP contribution in [0.3, 0.4) is 0 Å². The number of aromatic nitrogens is 3. The summed E-state index contributed by atoms with van der Waals surface area (Å²) in [5.74, 6) is -1.17. The van der Waals surface area contributed by atoms with E-state index in [2.05, 4.69) is 10.2 Å². The van der Waals surface area contributed by atoms with Gasteiger partial charge in [-0.25, -0.2) is 14.7 Å². The number of hydrogen-bond acceptors (Lipinski definition) is 4. The highest BCUT2D eigenvalue weighted by atomic mass is 16.4. The molecule has 0 radical (unpaired) electrons. The van der Waals surface area contributed by atoms with Crippen molar-refractivity contribution < 1.29 is 9.90 Å². The van der Waals surface area contributed by atoms with Gasteiger partial charge in [0.05, 0.1) is 5.56 Å². The largest absolute Gasteiger partial charge is 0.478 e. The fraction of sp³-hybridized carbons (Fsp3) is 0. The summed E-state index contributed by atoms with van der Waals surface area (Å²) < 4.78 is 0. The molecule has 2 rings (SSSR count). The fourth-order valence-corrected chi connectivity index (χ4v) is 1.41. The maximum atomic E-state index is 11.5. The highest BCUT2D eigenvalue weighted by molar-refractivity contribution is 5.95. The lowest BCUT2D eigenvalue weighted by Gasteiger charge is -2.02. The molecule has 0 saturated carbocycles. The molecule has 0 bridgehead atoms. The first kappa shape index (κ1) is 10.8. The Labute approximate surface area is 93.8 Å². The van der Waals surface area contributed by atoms with Crippen LogP contribution in [-0.2, 0) is 0 Å². The maximum absolute atomic E-state index is 11.5. The van der Waals surface area contributed by atoms with Gasteiger partial charge in [0, 0.05) is 5.56 Å². The standard InChI is InChI=1S/C10H7N3O4/c14-8-7(12-13-10(17)11-8)5-3-1-2-4-6(5)9(15)16/h1-4H,(H,15,16)(H2,11,13,14,17). The van der Waals surface area contributed by atoms with Crippen molar-refractivity contribution in [3.8, 4) is 11.3 Å². The molecule has 3 N–H and O–H groups in total. The quantitative estimate of drug-likeness (QED) is 0.665. The molecule has 1 aromatic carbocycles. The molecule has 0 unspecified atom stereocenters. The number of rotatable bonds is 2. The first-order valence-electron chi connectivity index (χ1n) is 4.61. The first-order valence-corrected chi connectivity index (χ1v) is 4.61. The van der Waals surface area contributed by atoms with E-state index in [1.165, 1.54) is 18.2 Å². The molecule has 7 nitrogen and oxygen atoms in total. The molecule has 0 aliphatic heterocycles. The molecule has 1 heterocycles. The second-order valence-corrected chi connectivity index (χ2v) is 3.21. The van der Waals surface area contributed by atoms with E-state index in [1.807, 2.05) is 4.98 Å². The predicted molar refractivity (Wildman–Crippen MR) is 57.9 cm³/mol. The summed E-state index contributed by atoms with van der Waals surface area (Å²) in [7, 11) is 0. The summed E-state index contributed by atoms with van der Waals surface area (Å²) in [4.78, 5) is 35.2. The van der Waals surface area contributed by atoms with Crippen molar-refractivity contribution >= 4 is 5.97 Å². The van der Waals surface area contributed by atoms with Gasteiger partial charge in [0.1, 0.15) is 0 Å². The van der Waals surface area contributed by atoms with Gasteiger partial charge in [-0.3, -0.25) is 9.78 Å². The highest BCUT2D eigenvalue weighted by Crippen LogP contribution is 2.17. The van der Waals surface area contributed by atoms with Gasteiger partial charge in [0.15, 0.2) is 5.69 Å². The minimum atomic E-state index is -1.17. The van der Waals surface area contributed by atoms with Crippen LogP contribution in [0.1, 0.15) is 10.4 Å². The van der Waals surface area contributed by atoms with Crippen LogP contribution in [0.2, 0.25) is 0 Å². The summed E-state index contributed by atoms with van der Waals surface area (Å²) >= 11 is 0. The van der Waals surface area contributed by atoms with Crippen LogP contribution in [-0.4, -0.2) is 26.3 Å². The van der Waals surface area contributed by atoms with Crippen molar-refractivity contribution in [1.82, 2.24) is 15.2 Å². The Kier molecular flexibility index (Phi) is 2.57. The van der Waals surface area contributed by atoms with Gasteiger partial charge in [-0.15, -0.1) is 0 Å². The molecule has 0 fully saturated rings. The molecule has 0 saturated heterocycles. The van der Waals surface area contributed by atoms with Gasteiger partial charge in [0.25, 0.3) is 5.56 Å². The molecule has 86 valence electrons. The van der Waals surface area contributed by atoms with E-state index >= 15 is 0 Å². The molecule has 17 heavy (non-hydrogen) atoms. The molecule has 2 aromatic rings. The summed E-state index contributed by atoms with van der Waals surface area (Å²) in [6, 6.07) is 5.91. The van der Waals surface area contributed by atoms with Crippen LogP contribution in [0.5, 0.6) is 0 Å². The molecule has 1 aromatic heterocycles. The first-order chi connectivity index (χ1) is 8.09. The Hall–Kier alpha value is -2.70. The van der Waals surface area contributed by atoms with E-state index in [1.54, 1.807) is 6.07 Å². The molecule has 0 atom stereocenters. The molecular formula is C10H7N3O4. The van der Waals surface area contributed by atoms with E-state index in [-0.39, 0.29) is 16.8 Å². The minimum Gasteiger partial charge on any atom is -0.478 e. The number of benzene rings is 1. The van der Waals surface area contributed by atoms with Crippen LogP contribution in [0.4, 0.5) is 0 Å². The zero-order valence-corrected chi connectivity index (χ0v) is 8.43. The third-order valence-electron chi connectivity index (χ3n) is 2.12. The van der Waals surface area contributed by atoms with E-state index in [9.17, 15) is 14.4 Å². The number of carbonyl (C=O) groups is 1. The second-order valence-electron chi connectivity index (χ2n) is 3.21. The van der Waals surface area contributed by atoms with Crippen molar-refractivity contribution in [2.75, 3.05) is 0 Å². The van der Waals surface area contributed by atoms with Crippen molar-refractivity contribution in [3.63, 3.8) is 0 Å². The van der Waals surface area contributed by atoms with E-state index < -0.39 is 17.2 Å². The number of carboxylic acid groups (broad SMARTS) is 1. The van der Waals surface area contributed by atoms with E-state index in [0.29, 0.717) is 0 Å². The summed E-state index contributed by atoms with van der Waals surface area (Å²) in [5.41, 5.74) is -1.52.